The zero-order valence-electron chi connectivity index (χ0n) is 10.0. The van der Waals surface area contributed by atoms with Crippen molar-refractivity contribution < 1.29 is 9.47 Å². The van der Waals surface area contributed by atoms with Gasteiger partial charge in [0.15, 0.2) is 11.5 Å². The standard InChI is InChI=1S/C13H20O2/c1-5-6-11-7-8-12(15-10(2)3)13(9-11)14-4/h7-10H,5-6H2,1-4H3. The van der Waals surface area contributed by atoms with E-state index in [1.165, 1.54) is 5.56 Å². The van der Waals surface area contributed by atoms with E-state index in [0.717, 1.165) is 24.3 Å². The van der Waals surface area contributed by atoms with Crippen molar-refractivity contribution in [1.29, 1.82) is 0 Å². The Kier molecular flexibility index (Phi) is 4.47. The van der Waals surface area contributed by atoms with Gasteiger partial charge in [0.25, 0.3) is 0 Å². The molecule has 0 heterocycles. The molecule has 84 valence electrons. The van der Waals surface area contributed by atoms with Gasteiger partial charge in [-0.3, -0.25) is 0 Å². The number of ether oxygens (including phenoxy) is 2. The van der Waals surface area contributed by atoms with Crippen LogP contribution in [0.3, 0.4) is 0 Å². The molecule has 0 bridgehead atoms. The fourth-order valence-corrected chi connectivity index (χ4v) is 1.51. The Bertz CT molecular complexity index is 305. The minimum atomic E-state index is 0.177. The molecule has 0 atom stereocenters. The van der Waals surface area contributed by atoms with Crippen molar-refractivity contribution in [1.82, 2.24) is 0 Å². The first-order valence-corrected chi connectivity index (χ1v) is 5.51. The molecule has 1 rings (SSSR count). The number of aryl methyl sites for hydroxylation is 1. The molecule has 2 heteroatoms. The Labute approximate surface area is 92.2 Å². The third-order valence-corrected chi connectivity index (χ3v) is 2.13. The summed E-state index contributed by atoms with van der Waals surface area (Å²) in [4.78, 5) is 0. The first kappa shape index (κ1) is 11.9. The molecule has 0 N–H and O–H groups in total. The predicted molar refractivity (Wildman–Crippen MR) is 62.8 cm³/mol. The van der Waals surface area contributed by atoms with E-state index in [2.05, 4.69) is 19.1 Å². The van der Waals surface area contributed by atoms with Gasteiger partial charge < -0.3 is 9.47 Å². The molecule has 0 amide bonds. The maximum Gasteiger partial charge on any atom is 0.161 e. The summed E-state index contributed by atoms with van der Waals surface area (Å²) in [6.07, 6.45) is 2.40. The Morgan fingerprint density at radius 2 is 1.93 bits per heavy atom. The summed E-state index contributed by atoms with van der Waals surface area (Å²) in [6, 6.07) is 6.15. The lowest BCUT2D eigenvalue weighted by Gasteiger charge is -2.14. The van der Waals surface area contributed by atoms with Crippen LogP contribution in [0.5, 0.6) is 11.5 Å². The molecule has 0 saturated carbocycles. The van der Waals surface area contributed by atoms with Gasteiger partial charge in [0, 0.05) is 0 Å². The van der Waals surface area contributed by atoms with Crippen molar-refractivity contribution in [3.8, 4) is 11.5 Å². The number of hydrogen-bond acceptors (Lipinski definition) is 2. The Hall–Kier alpha value is -1.18. The van der Waals surface area contributed by atoms with Gasteiger partial charge in [0.1, 0.15) is 0 Å². The third-order valence-electron chi connectivity index (χ3n) is 2.13. The minimum absolute atomic E-state index is 0.177. The number of hydrogen-bond donors (Lipinski definition) is 0. The molecule has 15 heavy (non-hydrogen) atoms. The van der Waals surface area contributed by atoms with Gasteiger partial charge in [0.2, 0.25) is 0 Å². The Morgan fingerprint density at radius 1 is 1.20 bits per heavy atom. The second kappa shape index (κ2) is 5.64. The van der Waals surface area contributed by atoms with E-state index in [1.807, 2.05) is 19.9 Å². The van der Waals surface area contributed by atoms with Crippen LogP contribution < -0.4 is 9.47 Å². The van der Waals surface area contributed by atoms with E-state index in [9.17, 15) is 0 Å². The molecular formula is C13H20O2. The van der Waals surface area contributed by atoms with Crippen molar-refractivity contribution in [2.24, 2.45) is 0 Å². The fraction of sp³-hybridized carbons (Fsp3) is 0.538. The molecule has 0 spiro atoms. The Balaban J connectivity index is 2.88. The van der Waals surface area contributed by atoms with Crippen LogP contribution in [0, 0.1) is 0 Å². The van der Waals surface area contributed by atoms with Crippen LogP contribution in [0.2, 0.25) is 0 Å². The van der Waals surface area contributed by atoms with Gasteiger partial charge in [-0.15, -0.1) is 0 Å². The molecule has 0 aliphatic rings. The summed E-state index contributed by atoms with van der Waals surface area (Å²) in [5, 5.41) is 0. The summed E-state index contributed by atoms with van der Waals surface area (Å²) in [6.45, 7) is 6.20. The van der Waals surface area contributed by atoms with Crippen LogP contribution >= 0.6 is 0 Å². The SMILES string of the molecule is CCCc1ccc(OC(C)C)c(OC)c1. The van der Waals surface area contributed by atoms with Crippen LogP contribution in [0.1, 0.15) is 32.8 Å². The first-order chi connectivity index (χ1) is 7.17. The smallest absolute Gasteiger partial charge is 0.161 e. The first-order valence-electron chi connectivity index (χ1n) is 5.51. The number of benzene rings is 1. The molecule has 1 aromatic carbocycles. The lowest BCUT2D eigenvalue weighted by Crippen LogP contribution is -2.06. The molecule has 0 saturated heterocycles. The largest absolute Gasteiger partial charge is 0.493 e. The molecule has 0 radical (unpaired) electrons. The van der Waals surface area contributed by atoms with Crippen molar-refractivity contribution in [3.63, 3.8) is 0 Å². The zero-order chi connectivity index (χ0) is 11.3. The normalized spacial score (nSPS) is 10.5. The van der Waals surface area contributed by atoms with Gasteiger partial charge >= 0.3 is 0 Å². The number of rotatable bonds is 5. The summed E-state index contributed by atoms with van der Waals surface area (Å²) >= 11 is 0. The molecule has 2 nitrogen and oxygen atoms in total. The lowest BCUT2D eigenvalue weighted by atomic mass is 10.1. The maximum absolute atomic E-state index is 5.64. The highest BCUT2D eigenvalue weighted by atomic mass is 16.5. The van der Waals surface area contributed by atoms with Gasteiger partial charge in [0.05, 0.1) is 13.2 Å². The van der Waals surface area contributed by atoms with E-state index in [4.69, 9.17) is 9.47 Å². The van der Waals surface area contributed by atoms with Gasteiger partial charge in [-0.2, -0.15) is 0 Å². The highest BCUT2D eigenvalue weighted by Crippen LogP contribution is 2.29. The summed E-state index contributed by atoms with van der Waals surface area (Å²) in [5.74, 6) is 1.65. The second-order valence-corrected chi connectivity index (χ2v) is 3.90. The molecule has 0 aromatic heterocycles. The van der Waals surface area contributed by atoms with Gasteiger partial charge in [-0.05, 0) is 38.0 Å². The maximum atomic E-state index is 5.64. The average Bonchev–Trinajstić information content (AvgIpc) is 2.20. The van der Waals surface area contributed by atoms with Crippen LogP contribution in [0.4, 0.5) is 0 Å². The van der Waals surface area contributed by atoms with E-state index < -0.39 is 0 Å². The third kappa shape index (κ3) is 3.46. The van der Waals surface area contributed by atoms with Crippen molar-refractivity contribution >= 4 is 0 Å². The topological polar surface area (TPSA) is 18.5 Å². The van der Waals surface area contributed by atoms with Crippen LogP contribution in [-0.2, 0) is 6.42 Å². The number of methoxy groups -OCH3 is 1. The van der Waals surface area contributed by atoms with Crippen LogP contribution in [0.15, 0.2) is 18.2 Å². The molecule has 1 aromatic rings. The monoisotopic (exact) mass is 208 g/mol. The van der Waals surface area contributed by atoms with Crippen molar-refractivity contribution in [2.75, 3.05) is 7.11 Å². The van der Waals surface area contributed by atoms with Gasteiger partial charge in [-0.25, -0.2) is 0 Å². The summed E-state index contributed by atoms with van der Waals surface area (Å²) in [7, 11) is 1.68. The second-order valence-electron chi connectivity index (χ2n) is 3.90. The highest BCUT2D eigenvalue weighted by molar-refractivity contribution is 5.43. The summed E-state index contributed by atoms with van der Waals surface area (Å²) in [5.41, 5.74) is 1.30. The lowest BCUT2D eigenvalue weighted by molar-refractivity contribution is 0.230. The summed E-state index contributed by atoms with van der Waals surface area (Å²) < 4.78 is 11.0. The molecule has 0 unspecified atom stereocenters. The predicted octanol–water partition coefficient (Wildman–Crippen LogP) is 3.43. The van der Waals surface area contributed by atoms with E-state index in [-0.39, 0.29) is 6.10 Å². The zero-order valence-corrected chi connectivity index (χ0v) is 10.0. The van der Waals surface area contributed by atoms with Crippen LogP contribution in [0.25, 0.3) is 0 Å². The Morgan fingerprint density at radius 3 is 2.47 bits per heavy atom. The fourth-order valence-electron chi connectivity index (χ4n) is 1.51. The van der Waals surface area contributed by atoms with E-state index in [0.29, 0.717) is 0 Å². The van der Waals surface area contributed by atoms with Crippen molar-refractivity contribution in [2.45, 2.75) is 39.7 Å². The molecule has 0 aliphatic carbocycles. The van der Waals surface area contributed by atoms with E-state index >= 15 is 0 Å². The molecule has 0 aliphatic heterocycles. The van der Waals surface area contributed by atoms with Crippen molar-refractivity contribution in [3.05, 3.63) is 23.8 Å². The van der Waals surface area contributed by atoms with Gasteiger partial charge in [-0.1, -0.05) is 19.4 Å². The molecular weight excluding hydrogens is 188 g/mol. The van der Waals surface area contributed by atoms with Crippen LogP contribution in [-0.4, -0.2) is 13.2 Å². The minimum Gasteiger partial charge on any atom is -0.493 e. The quantitative estimate of drug-likeness (QED) is 0.738. The average molecular weight is 208 g/mol. The highest BCUT2D eigenvalue weighted by Gasteiger charge is 2.06. The molecule has 0 fully saturated rings. The van der Waals surface area contributed by atoms with E-state index in [1.54, 1.807) is 7.11 Å².